The van der Waals surface area contributed by atoms with Crippen LogP contribution in [0.25, 0.3) is 0 Å². The second-order valence-corrected chi connectivity index (χ2v) is 4.22. The van der Waals surface area contributed by atoms with E-state index in [9.17, 15) is 0 Å². The van der Waals surface area contributed by atoms with Gasteiger partial charge in [-0.2, -0.15) is 0 Å². The van der Waals surface area contributed by atoms with E-state index in [1.807, 2.05) is 0 Å². The van der Waals surface area contributed by atoms with E-state index in [0.29, 0.717) is 6.54 Å². The number of nitrogens with two attached hydrogens (primary N) is 1. The zero-order chi connectivity index (χ0) is 10.4. The Hall–Kier alpha value is -0.120. The Morgan fingerprint density at radius 1 is 1.50 bits per heavy atom. The van der Waals surface area contributed by atoms with E-state index in [2.05, 4.69) is 11.8 Å². The first-order valence-corrected chi connectivity index (χ1v) is 5.75. The molecule has 2 N–H and O–H groups in total. The summed E-state index contributed by atoms with van der Waals surface area (Å²) in [5.41, 5.74) is 5.58. The van der Waals surface area contributed by atoms with Crippen LogP contribution in [0.2, 0.25) is 0 Å². The van der Waals surface area contributed by atoms with Crippen molar-refractivity contribution in [3.8, 4) is 0 Å². The van der Waals surface area contributed by atoms with Crippen molar-refractivity contribution in [1.82, 2.24) is 4.90 Å². The van der Waals surface area contributed by atoms with Crippen molar-refractivity contribution in [3.63, 3.8) is 0 Å². The fourth-order valence-corrected chi connectivity index (χ4v) is 1.70. The Morgan fingerprint density at radius 2 is 2.21 bits per heavy atom. The van der Waals surface area contributed by atoms with Crippen LogP contribution in [-0.4, -0.2) is 44.3 Å². The van der Waals surface area contributed by atoms with Crippen molar-refractivity contribution < 1.29 is 4.74 Å². The largest absolute Gasteiger partial charge is 0.380 e. The molecule has 1 aliphatic rings. The summed E-state index contributed by atoms with van der Waals surface area (Å²) in [6, 6.07) is 0. The summed E-state index contributed by atoms with van der Waals surface area (Å²) < 4.78 is 5.26. The van der Waals surface area contributed by atoms with Crippen molar-refractivity contribution >= 4 is 0 Å². The van der Waals surface area contributed by atoms with Gasteiger partial charge in [0.2, 0.25) is 0 Å². The van der Waals surface area contributed by atoms with Crippen LogP contribution in [0.3, 0.4) is 0 Å². The van der Waals surface area contributed by atoms with Gasteiger partial charge in [0.05, 0.1) is 6.10 Å². The molecule has 1 unspecified atom stereocenters. The van der Waals surface area contributed by atoms with Crippen LogP contribution in [0.15, 0.2) is 0 Å². The van der Waals surface area contributed by atoms with Crippen LogP contribution in [0, 0.1) is 5.92 Å². The monoisotopic (exact) mass is 200 g/mol. The predicted molar refractivity (Wildman–Crippen MR) is 59.3 cm³/mol. The van der Waals surface area contributed by atoms with E-state index in [-0.39, 0.29) is 6.10 Å². The number of hydrogen-bond acceptors (Lipinski definition) is 3. The van der Waals surface area contributed by atoms with E-state index in [4.69, 9.17) is 10.5 Å². The van der Waals surface area contributed by atoms with Crippen molar-refractivity contribution in [2.24, 2.45) is 11.7 Å². The number of rotatable bonds is 8. The second kappa shape index (κ2) is 6.38. The third-order valence-electron chi connectivity index (χ3n) is 3.02. The lowest BCUT2D eigenvalue weighted by Gasteiger charge is -2.22. The highest BCUT2D eigenvalue weighted by molar-refractivity contribution is 4.77. The number of hydrogen-bond donors (Lipinski definition) is 1. The average Bonchev–Trinajstić information content (AvgIpc) is 3.01. The maximum atomic E-state index is 5.58. The van der Waals surface area contributed by atoms with Crippen molar-refractivity contribution in [3.05, 3.63) is 0 Å². The van der Waals surface area contributed by atoms with Gasteiger partial charge in [-0.05, 0) is 31.7 Å². The highest BCUT2D eigenvalue weighted by atomic mass is 16.5. The van der Waals surface area contributed by atoms with Crippen LogP contribution in [0.4, 0.5) is 0 Å². The highest BCUT2D eigenvalue weighted by Gasteiger charge is 2.23. The summed E-state index contributed by atoms with van der Waals surface area (Å²) >= 11 is 0. The normalized spacial score (nSPS) is 18.9. The van der Waals surface area contributed by atoms with Gasteiger partial charge in [-0.3, -0.25) is 0 Å². The molecule has 84 valence electrons. The fraction of sp³-hybridized carbons (Fsp3) is 1.00. The minimum Gasteiger partial charge on any atom is -0.380 e. The van der Waals surface area contributed by atoms with Crippen LogP contribution < -0.4 is 5.73 Å². The Balaban J connectivity index is 2.11. The first-order valence-electron chi connectivity index (χ1n) is 5.75. The van der Waals surface area contributed by atoms with Gasteiger partial charge < -0.3 is 15.4 Å². The first-order chi connectivity index (χ1) is 6.80. The third kappa shape index (κ3) is 4.40. The molecule has 3 nitrogen and oxygen atoms in total. The summed E-state index contributed by atoms with van der Waals surface area (Å²) in [7, 11) is 1.74. The van der Waals surface area contributed by atoms with Gasteiger partial charge in [-0.25, -0.2) is 0 Å². The Bertz CT molecular complexity index is 144. The quantitative estimate of drug-likeness (QED) is 0.637. The fourth-order valence-electron chi connectivity index (χ4n) is 1.70. The third-order valence-corrected chi connectivity index (χ3v) is 3.02. The van der Waals surface area contributed by atoms with Crippen molar-refractivity contribution in [1.29, 1.82) is 0 Å². The van der Waals surface area contributed by atoms with Gasteiger partial charge in [-0.1, -0.05) is 6.92 Å². The minimum absolute atomic E-state index is 0.239. The standard InChI is InChI=1S/C11H24N2O/c1-3-13(9-10-4-5-10)7-6-11(8-12)14-2/h10-11H,3-9,12H2,1-2H3. The van der Waals surface area contributed by atoms with E-state index in [0.717, 1.165) is 25.4 Å². The summed E-state index contributed by atoms with van der Waals surface area (Å²) in [5.74, 6) is 0.980. The maximum Gasteiger partial charge on any atom is 0.0705 e. The summed E-state index contributed by atoms with van der Waals surface area (Å²) in [6.45, 7) is 6.42. The molecule has 1 saturated carbocycles. The van der Waals surface area contributed by atoms with Crippen LogP contribution in [0.1, 0.15) is 26.2 Å². The lowest BCUT2D eigenvalue weighted by atomic mass is 10.2. The molecule has 0 heterocycles. The lowest BCUT2D eigenvalue weighted by Crippen LogP contribution is -2.32. The van der Waals surface area contributed by atoms with E-state index < -0.39 is 0 Å². The summed E-state index contributed by atoms with van der Waals surface area (Å²) in [6.07, 6.45) is 4.17. The molecular formula is C11H24N2O. The molecule has 0 radical (unpaired) electrons. The zero-order valence-electron chi connectivity index (χ0n) is 9.54. The van der Waals surface area contributed by atoms with Crippen LogP contribution in [-0.2, 0) is 4.74 Å². The molecule has 1 fully saturated rings. The Labute approximate surface area is 87.6 Å². The van der Waals surface area contributed by atoms with Gasteiger partial charge in [0, 0.05) is 26.7 Å². The summed E-state index contributed by atoms with van der Waals surface area (Å²) in [4.78, 5) is 2.51. The molecule has 0 amide bonds. The van der Waals surface area contributed by atoms with Gasteiger partial charge in [0.15, 0.2) is 0 Å². The van der Waals surface area contributed by atoms with Crippen molar-refractivity contribution in [2.45, 2.75) is 32.3 Å². The van der Waals surface area contributed by atoms with Crippen LogP contribution >= 0.6 is 0 Å². The molecule has 0 aliphatic heterocycles. The molecule has 0 aromatic heterocycles. The Kier molecular flexibility index (Phi) is 5.45. The van der Waals surface area contributed by atoms with Crippen LogP contribution in [0.5, 0.6) is 0 Å². The highest BCUT2D eigenvalue weighted by Crippen LogP contribution is 2.29. The maximum absolute atomic E-state index is 5.58. The smallest absolute Gasteiger partial charge is 0.0705 e. The van der Waals surface area contributed by atoms with Gasteiger partial charge in [0.25, 0.3) is 0 Å². The second-order valence-electron chi connectivity index (χ2n) is 4.22. The molecular weight excluding hydrogens is 176 g/mol. The number of ether oxygens (including phenoxy) is 1. The zero-order valence-corrected chi connectivity index (χ0v) is 9.54. The Morgan fingerprint density at radius 3 is 2.64 bits per heavy atom. The molecule has 0 aromatic carbocycles. The molecule has 0 spiro atoms. The SMILES string of the molecule is CCN(CCC(CN)OC)CC1CC1. The molecule has 0 saturated heterocycles. The topological polar surface area (TPSA) is 38.5 Å². The molecule has 1 aliphatic carbocycles. The number of nitrogens with zero attached hydrogens (tertiary/aromatic N) is 1. The molecule has 1 atom stereocenters. The van der Waals surface area contributed by atoms with E-state index in [1.54, 1.807) is 7.11 Å². The average molecular weight is 200 g/mol. The predicted octanol–water partition coefficient (Wildman–Crippen LogP) is 1.08. The minimum atomic E-state index is 0.239. The lowest BCUT2D eigenvalue weighted by molar-refractivity contribution is 0.0894. The first kappa shape index (κ1) is 12.0. The van der Waals surface area contributed by atoms with Gasteiger partial charge in [-0.15, -0.1) is 0 Å². The van der Waals surface area contributed by atoms with Gasteiger partial charge in [0.1, 0.15) is 0 Å². The molecule has 1 rings (SSSR count). The summed E-state index contributed by atoms with van der Waals surface area (Å²) in [5, 5.41) is 0. The molecule has 14 heavy (non-hydrogen) atoms. The number of methoxy groups -OCH3 is 1. The van der Waals surface area contributed by atoms with E-state index >= 15 is 0 Å². The molecule has 0 bridgehead atoms. The van der Waals surface area contributed by atoms with E-state index in [1.165, 1.54) is 19.4 Å². The van der Waals surface area contributed by atoms with Gasteiger partial charge >= 0.3 is 0 Å². The molecule has 0 aromatic rings. The van der Waals surface area contributed by atoms with Crippen molar-refractivity contribution in [2.75, 3.05) is 33.3 Å². The molecule has 3 heteroatoms.